The molecule has 1 unspecified atom stereocenters. The average Bonchev–Trinajstić information content (AvgIpc) is 2.81. The highest BCUT2D eigenvalue weighted by Gasteiger charge is 2.32. The van der Waals surface area contributed by atoms with Crippen LogP contribution in [-0.2, 0) is 11.3 Å². The molecule has 114 valence electrons. The number of aromatic nitrogens is 2. The summed E-state index contributed by atoms with van der Waals surface area (Å²) in [5.74, 6) is -0.799. The third-order valence-corrected chi connectivity index (χ3v) is 3.68. The lowest BCUT2D eigenvalue weighted by Gasteiger charge is -2.28. The number of rotatable bonds is 7. The van der Waals surface area contributed by atoms with E-state index in [1.807, 2.05) is 44.4 Å². The number of para-hydroxylation sites is 2. The van der Waals surface area contributed by atoms with Crippen LogP contribution in [0.15, 0.2) is 30.6 Å². The number of fused-ring (bicyclic) bond motifs is 1. The summed E-state index contributed by atoms with van der Waals surface area (Å²) in [5, 5.41) is 12.6. The topological polar surface area (TPSA) is 67.2 Å². The van der Waals surface area contributed by atoms with Gasteiger partial charge in [0.05, 0.1) is 17.4 Å². The second-order valence-electron chi connectivity index (χ2n) is 5.97. The number of hydrogen-bond acceptors (Lipinski definition) is 3. The Morgan fingerprint density at radius 2 is 2.14 bits per heavy atom. The number of nitrogens with zero attached hydrogens (tertiary/aromatic N) is 2. The molecule has 1 atom stereocenters. The molecular formula is C16H23N3O2. The molecule has 0 spiro atoms. The lowest BCUT2D eigenvalue weighted by molar-refractivity contribution is -0.144. The molecule has 0 aliphatic rings. The molecule has 1 aromatic heterocycles. The number of nitrogens with one attached hydrogen (secondary N) is 1. The van der Waals surface area contributed by atoms with Crippen molar-refractivity contribution in [3.63, 3.8) is 0 Å². The molecule has 2 N–H and O–H groups in total. The molecule has 0 aliphatic heterocycles. The van der Waals surface area contributed by atoms with E-state index in [-0.39, 0.29) is 6.04 Å². The van der Waals surface area contributed by atoms with E-state index < -0.39 is 11.5 Å². The van der Waals surface area contributed by atoms with Crippen LogP contribution >= 0.6 is 0 Å². The van der Waals surface area contributed by atoms with Crippen LogP contribution in [-0.4, -0.2) is 32.2 Å². The SMILES string of the molecule is CC(C)NC(C)(CCCn1cnc2ccccc21)C(=O)O. The van der Waals surface area contributed by atoms with Gasteiger partial charge in [0.25, 0.3) is 0 Å². The van der Waals surface area contributed by atoms with E-state index in [1.54, 1.807) is 6.92 Å². The Morgan fingerprint density at radius 1 is 1.43 bits per heavy atom. The minimum atomic E-state index is -0.884. The predicted octanol–water partition coefficient (Wildman–Crippen LogP) is 2.66. The molecule has 21 heavy (non-hydrogen) atoms. The van der Waals surface area contributed by atoms with Crippen molar-refractivity contribution in [2.45, 2.75) is 51.7 Å². The first-order valence-corrected chi connectivity index (χ1v) is 7.33. The molecule has 0 fully saturated rings. The van der Waals surface area contributed by atoms with Gasteiger partial charge in [0.15, 0.2) is 0 Å². The van der Waals surface area contributed by atoms with E-state index in [2.05, 4.69) is 14.9 Å². The van der Waals surface area contributed by atoms with Crippen LogP contribution in [0.2, 0.25) is 0 Å². The second kappa shape index (κ2) is 6.26. The molecule has 2 aromatic rings. The molecule has 0 radical (unpaired) electrons. The molecule has 0 bridgehead atoms. The molecule has 5 nitrogen and oxygen atoms in total. The predicted molar refractivity (Wildman–Crippen MR) is 83.3 cm³/mol. The second-order valence-corrected chi connectivity index (χ2v) is 5.97. The average molecular weight is 289 g/mol. The highest BCUT2D eigenvalue weighted by Crippen LogP contribution is 2.17. The summed E-state index contributed by atoms with van der Waals surface area (Å²) in [4.78, 5) is 15.8. The van der Waals surface area contributed by atoms with E-state index in [1.165, 1.54) is 0 Å². The first kappa shape index (κ1) is 15.5. The van der Waals surface area contributed by atoms with Crippen LogP contribution in [0.3, 0.4) is 0 Å². The Bertz CT molecular complexity index is 621. The maximum Gasteiger partial charge on any atom is 0.323 e. The number of carbonyl (C=O) groups is 1. The summed E-state index contributed by atoms with van der Waals surface area (Å²) >= 11 is 0. The number of aryl methyl sites for hydroxylation is 1. The van der Waals surface area contributed by atoms with Crippen molar-refractivity contribution in [2.24, 2.45) is 0 Å². The molecule has 1 aromatic carbocycles. The fraction of sp³-hybridized carbons (Fsp3) is 0.500. The summed E-state index contributed by atoms with van der Waals surface area (Å²) in [7, 11) is 0. The molecule has 0 saturated heterocycles. The fourth-order valence-electron chi connectivity index (χ4n) is 2.67. The number of benzene rings is 1. The van der Waals surface area contributed by atoms with Crippen LogP contribution in [0.1, 0.15) is 33.6 Å². The van der Waals surface area contributed by atoms with Crippen LogP contribution in [0.25, 0.3) is 11.0 Å². The number of carboxylic acid groups (broad SMARTS) is 1. The van der Waals surface area contributed by atoms with Crippen molar-refractivity contribution in [1.29, 1.82) is 0 Å². The third-order valence-electron chi connectivity index (χ3n) is 3.68. The first-order valence-electron chi connectivity index (χ1n) is 7.33. The molecule has 2 rings (SSSR count). The van der Waals surface area contributed by atoms with Gasteiger partial charge in [-0.2, -0.15) is 0 Å². The van der Waals surface area contributed by atoms with Gasteiger partial charge in [-0.15, -0.1) is 0 Å². The number of carboxylic acids is 1. The Hall–Kier alpha value is -1.88. The summed E-state index contributed by atoms with van der Waals surface area (Å²) in [5.41, 5.74) is 1.18. The smallest absolute Gasteiger partial charge is 0.323 e. The number of aliphatic carboxylic acids is 1. The monoisotopic (exact) mass is 289 g/mol. The van der Waals surface area contributed by atoms with E-state index in [4.69, 9.17) is 0 Å². The normalized spacial score (nSPS) is 14.5. The molecule has 1 heterocycles. The zero-order valence-corrected chi connectivity index (χ0v) is 12.8. The Kier molecular flexibility index (Phi) is 4.63. The van der Waals surface area contributed by atoms with Crippen LogP contribution in [0.4, 0.5) is 0 Å². The van der Waals surface area contributed by atoms with Crippen LogP contribution < -0.4 is 5.32 Å². The van der Waals surface area contributed by atoms with Crippen molar-refractivity contribution in [2.75, 3.05) is 0 Å². The van der Waals surface area contributed by atoms with E-state index in [9.17, 15) is 9.90 Å². The van der Waals surface area contributed by atoms with Gasteiger partial charge in [-0.25, -0.2) is 4.98 Å². The highest BCUT2D eigenvalue weighted by atomic mass is 16.4. The minimum Gasteiger partial charge on any atom is -0.480 e. The van der Waals surface area contributed by atoms with Gasteiger partial charge in [-0.1, -0.05) is 12.1 Å². The van der Waals surface area contributed by atoms with Gasteiger partial charge in [0, 0.05) is 12.6 Å². The molecular weight excluding hydrogens is 266 g/mol. The molecule has 0 amide bonds. The Balaban J connectivity index is 2.01. The van der Waals surface area contributed by atoms with E-state index >= 15 is 0 Å². The van der Waals surface area contributed by atoms with Gasteiger partial charge in [0.2, 0.25) is 0 Å². The van der Waals surface area contributed by atoms with Crippen molar-refractivity contribution in [3.8, 4) is 0 Å². The third kappa shape index (κ3) is 3.61. The maximum absolute atomic E-state index is 11.5. The zero-order chi connectivity index (χ0) is 15.5. The van der Waals surface area contributed by atoms with E-state index in [0.717, 1.165) is 24.0 Å². The summed E-state index contributed by atoms with van der Waals surface area (Å²) in [6.45, 7) is 6.44. The molecule has 5 heteroatoms. The molecule has 0 saturated carbocycles. The fourth-order valence-corrected chi connectivity index (χ4v) is 2.67. The Labute approximate surface area is 125 Å². The van der Waals surface area contributed by atoms with Crippen molar-refractivity contribution < 1.29 is 9.90 Å². The number of hydrogen-bond donors (Lipinski definition) is 2. The van der Waals surface area contributed by atoms with Gasteiger partial charge >= 0.3 is 5.97 Å². The van der Waals surface area contributed by atoms with Gasteiger partial charge in [-0.3, -0.25) is 10.1 Å². The summed E-state index contributed by atoms with van der Waals surface area (Å²) < 4.78 is 2.08. The molecule has 0 aliphatic carbocycles. The minimum absolute atomic E-state index is 0.139. The summed E-state index contributed by atoms with van der Waals surface area (Å²) in [6, 6.07) is 8.11. The lowest BCUT2D eigenvalue weighted by Crippen LogP contribution is -2.52. The standard InChI is InChI=1S/C16H23N3O2/c1-12(2)18-16(3,15(20)21)9-6-10-19-11-17-13-7-4-5-8-14(13)19/h4-5,7-8,11-12,18H,6,9-10H2,1-3H3,(H,20,21). The zero-order valence-electron chi connectivity index (χ0n) is 12.8. The quantitative estimate of drug-likeness (QED) is 0.822. The van der Waals surface area contributed by atoms with Gasteiger partial charge < -0.3 is 9.67 Å². The maximum atomic E-state index is 11.5. The lowest BCUT2D eigenvalue weighted by atomic mass is 9.95. The van der Waals surface area contributed by atoms with Crippen LogP contribution in [0.5, 0.6) is 0 Å². The largest absolute Gasteiger partial charge is 0.480 e. The van der Waals surface area contributed by atoms with E-state index in [0.29, 0.717) is 6.42 Å². The number of imidazole rings is 1. The van der Waals surface area contributed by atoms with Gasteiger partial charge in [0.1, 0.15) is 5.54 Å². The van der Waals surface area contributed by atoms with Crippen molar-refractivity contribution in [1.82, 2.24) is 14.9 Å². The first-order chi connectivity index (χ1) is 9.92. The van der Waals surface area contributed by atoms with Crippen molar-refractivity contribution >= 4 is 17.0 Å². The Morgan fingerprint density at radius 3 is 2.81 bits per heavy atom. The summed E-state index contributed by atoms with van der Waals surface area (Å²) in [6.07, 6.45) is 3.18. The van der Waals surface area contributed by atoms with Gasteiger partial charge in [-0.05, 0) is 45.7 Å². The van der Waals surface area contributed by atoms with Crippen LogP contribution in [0, 0.1) is 0 Å². The highest BCUT2D eigenvalue weighted by molar-refractivity contribution is 5.78. The van der Waals surface area contributed by atoms with Crippen molar-refractivity contribution in [3.05, 3.63) is 30.6 Å².